The molecule has 1 heterocycles. The lowest BCUT2D eigenvalue weighted by Gasteiger charge is -2.41. The van der Waals surface area contributed by atoms with Crippen LogP contribution in [-0.4, -0.2) is 39.9 Å². The van der Waals surface area contributed by atoms with Crippen molar-refractivity contribution >= 4 is 5.69 Å². The van der Waals surface area contributed by atoms with Gasteiger partial charge in [0.2, 0.25) is 0 Å². The van der Waals surface area contributed by atoms with Gasteiger partial charge in [0, 0.05) is 44.0 Å². The number of anilines is 1. The highest BCUT2D eigenvalue weighted by molar-refractivity contribution is 5.46. The van der Waals surface area contributed by atoms with E-state index in [4.69, 9.17) is 4.74 Å². The normalized spacial score (nSPS) is 18.2. The van der Waals surface area contributed by atoms with Gasteiger partial charge in [0.1, 0.15) is 0 Å². The van der Waals surface area contributed by atoms with Gasteiger partial charge >= 0.3 is 0 Å². The Bertz CT molecular complexity index is 355. The van der Waals surface area contributed by atoms with Crippen LogP contribution in [0.15, 0.2) is 30.3 Å². The molecule has 1 aliphatic rings. The highest BCUT2D eigenvalue weighted by Gasteiger charge is 2.33. The molecule has 1 aliphatic heterocycles. The lowest BCUT2D eigenvalue weighted by Crippen LogP contribution is -2.47. The van der Waals surface area contributed by atoms with E-state index >= 15 is 0 Å². The van der Waals surface area contributed by atoms with Crippen LogP contribution in [0.3, 0.4) is 0 Å². The number of nitrogens with one attached hydrogen (secondary N) is 1. The number of ether oxygens (including phenoxy) is 1. The van der Waals surface area contributed by atoms with Gasteiger partial charge in [-0.05, 0) is 38.9 Å². The Hall–Kier alpha value is -1.06. The van der Waals surface area contributed by atoms with Crippen molar-refractivity contribution in [3.63, 3.8) is 0 Å². The summed E-state index contributed by atoms with van der Waals surface area (Å²) in [5.74, 6) is 0. The zero-order chi connectivity index (χ0) is 13.6. The summed E-state index contributed by atoms with van der Waals surface area (Å²) < 4.78 is 5.55. The van der Waals surface area contributed by atoms with E-state index in [-0.39, 0.29) is 0 Å². The minimum absolute atomic E-state index is 0.346. The minimum atomic E-state index is 0.346. The maximum atomic E-state index is 5.55. The molecule has 3 heteroatoms. The van der Waals surface area contributed by atoms with Crippen LogP contribution >= 0.6 is 0 Å². The highest BCUT2D eigenvalue weighted by atomic mass is 16.5. The van der Waals surface area contributed by atoms with Crippen LogP contribution in [0.4, 0.5) is 5.69 Å². The van der Waals surface area contributed by atoms with Gasteiger partial charge in [-0.15, -0.1) is 0 Å². The number of benzene rings is 1. The number of para-hydroxylation sites is 1. The average Bonchev–Trinajstić information content (AvgIpc) is 2.47. The van der Waals surface area contributed by atoms with Crippen LogP contribution in [0.1, 0.15) is 19.8 Å². The van der Waals surface area contributed by atoms with Gasteiger partial charge in [-0.1, -0.05) is 18.2 Å². The molecule has 0 spiro atoms. The maximum Gasteiger partial charge on any atom is 0.0472 e. The number of hydrogen-bond acceptors (Lipinski definition) is 3. The maximum absolute atomic E-state index is 5.55. The van der Waals surface area contributed by atoms with E-state index in [2.05, 4.69) is 54.5 Å². The second kappa shape index (κ2) is 6.92. The van der Waals surface area contributed by atoms with Gasteiger partial charge in [0.25, 0.3) is 0 Å². The molecule has 1 aromatic carbocycles. The summed E-state index contributed by atoms with van der Waals surface area (Å²) in [5.41, 5.74) is 1.67. The smallest absolute Gasteiger partial charge is 0.0472 e. The molecule has 1 fully saturated rings. The van der Waals surface area contributed by atoms with E-state index < -0.39 is 0 Å². The van der Waals surface area contributed by atoms with E-state index in [0.717, 1.165) is 45.7 Å². The van der Waals surface area contributed by atoms with Crippen molar-refractivity contribution in [2.45, 2.75) is 19.8 Å². The molecule has 1 aromatic rings. The Balaban J connectivity index is 2.10. The van der Waals surface area contributed by atoms with Crippen molar-refractivity contribution in [3.8, 4) is 0 Å². The minimum Gasteiger partial charge on any atom is -0.381 e. The first-order chi connectivity index (χ1) is 9.29. The molecule has 2 rings (SSSR count). The van der Waals surface area contributed by atoms with E-state index in [1.165, 1.54) is 5.69 Å². The molecule has 0 aliphatic carbocycles. The van der Waals surface area contributed by atoms with Crippen molar-refractivity contribution in [3.05, 3.63) is 30.3 Å². The van der Waals surface area contributed by atoms with E-state index in [9.17, 15) is 0 Å². The second-order valence-electron chi connectivity index (χ2n) is 5.49. The molecule has 0 aromatic heterocycles. The van der Waals surface area contributed by atoms with Gasteiger partial charge in [-0.2, -0.15) is 0 Å². The summed E-state index contributed by atoms with van der Waals surface area (Å²) >= 11 is 0. The molecule has 0 saturated carbocycles. The predicted octanol–water partition coefficient (Wildman–Crippen LogP) is 2.53. The summed E-state index contributed by atoms with van der Waals surface area (Å²) in [6.07, 6.45) is 2.30. The van der Waals surface area contributed by atoms with Gasteiger partial charge in [0.15, 0.2) is 0 Å². The molecule has 1 saturated heterocycles. The predicted molar refractivity (Wildman–Crippen MR) is 80.7 cm³/mol. The number of nitrogens with zero attached hydrogens (tertiary/aromatic N) is 1. The highest BCUT2D eigenvalue weighted by Crippen LogP contribution is 2.32. The van der Waals surface area contributed by atoms with Crippen LogP contribution < -0.4 is 10.2 Å². The Kier molecular flexibility index (Phi) is 5.23. The van der Waals surface area contributed by atoms with Gasteiger partial charge in [0.05, 0.1) is 0 Å². The zero-order valence-electron chi connectivity index (χ0n) is 12.2. The Morgan fingerprint density at radius 2 is 1.89 bits per heavy atom. The van der Waals surface area contributed by atoms with Crippen molar-refractivity contribution in [2.24, 2.45) is 5.41 Å². The van der Waals surface area contributed by atoms with Crippen molar-refractivity contribution in [1.29, 1.82) is 0 Å². The van der Waals surface area contributed by atoms with Gasteiger partial charge in [-0.25, -0.2) is 0 Å². The average molecular weight is 262 g/mol. The van der Waals surface area contributed by atoms with Crippen molar-refractivity contribution < 1.29 is 4.74 Å². The fourth-order valence-corrected chi connectivity index (χ4v) is 3.00. The summed E-state index contributed by atoms with van der Waals surface area (Å²) in [6, 6.07) is 10.7. The first-order valence-corrected chi connectivity index (χ1v) is 7.32. The molecule has 3 nitrogen and oxygen atoms in total. The number of rotatable bonds is 6. The monoisotopic (exact) mass is 262 g/mol. The van der Waals surface area contributed by atoms with Crippen molar-refractivity contribution in [2.75, 3.05) is 44.8 Å². The molecular weight excluding hydrogens is 236 g/mol. The second-order valence-corrected chi connectivity index (χ2v) is 5.49. The van der Waals surface area contributed by atoms with Crippen molar-refractivity contribution in [1.82, 2.24) is 5.32 Å². The quantitative estimate of drug-likeness (QED) is 0.852. The Morgan fingerprint density at radius 1 is 1.21 bits per heavy atom. The summed E-state index contributed by atoms with van der Waals surface area (Å²) in [6.45, 7) is 7.26. The molecule has 0 bridgehead atoms. The third kappa shape index (κ3) is 3.71. The summed E-state index contributed by atoms with van der Waals surface area (Å²) in [7, 11) is 2.05. The Morgan fingerprint density at radius 3 is 2.47 bits per heavy atom. The fourth-order valence-electron chi connectivity index (χ4n) is 3.00. The third-order valence-electron chi connectivity index (χ3n) is 4.13. The molecule has 106 valence electrons. The standard InChI is InChI=1S/C16H26N2O/c1-3-18(15-7-5-4-6-8-15)14-16(13-17-2)9-11-19-12-10-16/h4-8,17H,3,9-14H2,1-2H3. The Labute approximate surface area is 116 Å². The first-order valence-electron chi connectivity index (χ1n) is 7.32. The van der Waals surface area contributed by atoms with Crippen LogP contribution in [0.5, 0.6) is 0 Å². The van der Waals surface area contributed by atoms with Crippen LogP contribution in [0, 0.1) is 5.41 Å². The number of hydrogen-bond donors (Lipinski definition) is 1. The lowest BCUT2D eigenvalue weighted by molar-refractivity contribution is 0.0193. The lowest BCUT2D eigenvalue weighted by atomic mass is 9.79. The van der Waals surface area contributed by atoms with E-state index in [0.29, 0.717) is 5.41 Å². The molecule has 0 unspecified atom stereocenters. The molecule has 0 amide bonds. The molecule has 0 radical (unpaired) electrons. The van der Waals surface area contributed by atoms with E-state index in [1.54, 1.807) is 0 Å². The van der Waals surface area contributed by atoms with Crippen LogP contribution in [-0.2, 0) is 4.74 Å². The zero-order valence-corrected chi connectivity index (χ0v) is 12.2. The SMILES string of the molecule is CCN(CC1(CNC)CCOCC1)c1ccccc1. The molecule has 19 heavy (non-hydrogen) atoms. The van der Waals surface area contributed by atoms with Gasteiger partial charge < -0.3 is 15.0 Å². The third-order valence-corrected chi connectivity index (χ3v) is 4.13. The molecular formula is C16H26N2O. The van der Waals surface area contributed by atoms with Gasteiger partial charge in [-0.3, -0.25) is 0 Å². The van der Waals surface area contributed by atoms with E-state index in [1.807, 2.05) is 0 Å². The molecule has 0 atom stereocenters. The van der Waals surface area contributed by atoms with Crippen LogP contribution in [0.2, 0.25) is 0 Å². The fraction of sp³-hybridized carbons (Fsp3) is 0.625. The summed E-state index contributed by atoms with van der Waals surface area (Å²) in [4.78, 5) is 2.49. The summed E-state index contributed by atoms with van der Waals surface area (Å²) in [5, 5.41) is 3.38. The topological polar surface area (TPSA) is 24.5 Å². The van der Waals surface area contributed by atoms with Crippen LogP contribution in [0.25, 0.3) is 0 Å². The first kappa shape index (κ1) is 14.4. The molecule has 1 N–H and O–H groups in total. The largest absolute Gasteiger partial charge is 0.381 e.